The number of hydrogen-bond donors (Lipinski definition) is 2. The molecule has 3 aliphatic heterocycles. The molecule has 0 saturated carbocycles. The van der Waals surface area contributed by atoms with E-state index in [-0.39, 0.29) is 11.3 Å². The van der Waals surface area contributed by atoms with Crippen molar-refractivity contribution >= 4 is 66.1 Å². The summed E-state index contributed by atoms with van der Waals surface area (Å²) in [4.78, 5) is 19.1. The highest BCUT2D eigenvalue weighted by Crippen LogP contribution is 2.38. The lowest BCUT2D eigenvalue weighted by atomic mass is 9.87. The van der Waals surface area contributed by atoms with Crippen LogP contribution in [0.2, 0.25) is 5.02 Å². The van der Waals surface area contributed by atoms with Crippen molar-refractivity contribution in [1.82, 2.24) is 14.5 Å². The van der Waals surface area contributed by atoms with Crippen molar-refractivity contribution in [2.75, 3.05) is 81.5 Å². The number of piperazine rings is 1. The Morgan fingerprint density at radius 2 is 1.51 bits per heavy atom. The molecule has 4 aromatic rings. The minimum atomic E-state index is -6.05. The summed E-state index contributed by atoms with van der Waals surface area (Å²) in [6.45, 7) is 7.74. The van der Waals surface area contributed by atoms with Crippen LogP contribution in [0.15, 0.2) is 117 Å². The maximum atomic E-state index is 14.2. The van der Waals surface area contributed by atoms with E-state index in [0.29, 0.717) is 49.8 Å². The van der Waals surface area contributed by atoms with Crippen molar-refractivity contribution in [1.29, 1.82) is 0 Å². The van der Waals surface area contributed by atoms with Gasteiger partial charge in [0.25, 0.3) is 25.8 Å². The van der Waals surface area contributed by atoms with Gasteiger partial charge in [-0.3, -0.25) is 9.69 Å². The zero-order chi connectivity index (χ0) is 45.8. The third-order valence-corrected chi connectivity index (χ3v) is 17.1. The molecule has 3 heterocycles. The van der Waals surface area contributed by atoms with E-state index in [0.717, 1.165) is 86.4 Å². The maximum Gasteiger partial charge on any atom is 0.501 e. The molecule has 4 aromatic carbocycles. The molecule has 0 aromatic heterocycles. The van der Waals surface area contributed by atoms with Gasteiger partial charge in [0.05, 0.1) is 23.8 Å². The Balaban J connectivity index is 0.928. The fourth-order valence-corrected chi connectivity index (χ4v) is 12.4. The summed E-state index contributed by atoms with van der Waals surface area (Å²) < 4.78 is 104. The molecule has 348 valence electrons. The molecule has 0 radical (unpaired) electrons. The van der Waals surface area contributed by atoms with E-state index in [1.165, 1.54) is 53.4 Å². The van der Waals surface area contributed by atoms with E-state index in [1.54, 1.807) is 12.1 Å². The number of allylic oxidation sites excluding steroid dienone is 1. The van der Waals surface area contributed by atoms with Crippen molar-refractivity contribution in [3.63, 3.8) is 0 Å². The predicted molar refractivity (Wildman–Crippen MR) is 250 cm³/mol. The lowest BCUT2D eigenvalue weighted by Crippen LogP contribution is -2.47. The quantitative estimate of drug-likeness (QED) is 0.105. The normalized spacial score (nSPS) is 20.5. The summed E-state index contributed by atoms with van der Waals surface area (Å²) in [5.74, 6) is 0.221. The van der Waals surface area contributed by atoms with Crippen LogP contribution in [0.5, 0.6) is 0 Å². The van der Waals surface area contributed by atoms with Crippen LogP contribution in [0, 0.1) is 11.8 Å². The van der Waals surface area contributed by atoms with Crippen molar-refractivity contribution in [3.8, 4) is 0 Å². The number of likely N-dealkylation sites (tertiary alicyclic amines) is 1. The number of carbonyl (C=O) groups excluding carboxylic acids is 1. The van der Waals surface area contributed by atoms with Gasteiger partial charge in [-0.1, -0.05) is 47.5 Å². The van der Waals surface area contributed by atoms with Gasteiger partial charge in [0.2, 0.25) is 0 Å². The number of amides is 1. The number of thioether (sulfide) groups is 1. The first kappa shape index (κ1) is 47.4. The third-order valence-electron chi connectivity index (χ3n) is 12.8. The molecule has 0 bridgehead atoms. The zero-order valence-corrected chi connectivity index (χ0v) is 39.0. The van der Waals surface area contributed by atoms with Crippen molar-refractivity contribution in [2.45, 2.75) is 58.3 Å². The number of ether oxygens (including phenoxy) is 1. The van der Waals surface area contributed by atoms with Crippen LogP contribution in [0.1, 0.15) is 48.0 Å². The van der Waals surface area contributed by atoms with E-state index < -0.39 is 47.1 Å². The molecule has 18 heteroatoms. The first-order valence-corrected chi connectivity index (χ1v) is 26.3. The second kappa shape index (κ2) is 20.4. The third kappa shape index (κ3) is 11.5. The Labute approximate surface area is 388 Å². The van der Waals surface area contributed by atoms with Crippen LogP contribution in [-0.2, 0) is 24.6 Å². The SMILES string of the molecule is O=C(NS(=O)(=O)c1ccc(N[C@H](CCN2C[C@H]3COC[C@H]3C2)CSc2ccccc2)c(S(=O)(=O)C(F)(F)F)c1)c1ccc(N2CCN(CC3=C(c4ccc(Cl)cc4)CCCC3)CC2)cc1. The minimum absolute atomic E-state index is 0.00395. The smallest absolute Gasteiger partial charge is 0.381 e. The van der Waals surface area contributed by atoms with Gasteiger partial charge in [-0.25, -0.2) is 21.6 Å². The Kier molecular flexibility index (Phi) is 14.9. The fraction of sp³-hybridized carbons (Fsp3) is 0.426. The van der Waals surface area contributed by atoms with Gasteiger partial charge in [-0.05, 0) is 110 Å². The molecule has 11 nitrogen and oxygen atoms in total. The van der Waals surface area contributed by atoms with Gasteiger partial charge in [-0.15, -0.1) is 11.8 Å². The number of alkyl halides is 3. The standard InChI is InChI=1S/C47H53ClF3N5O6S3/c48-38-14-10-33(11-15-38)43-9-5-4-6-35(43)27-54-22-24-56(25-23-54)40-16-12-34(13-17-40)46(57)53-65(60,61)42-18-19-44(45(26-42)64(58,59)47(49,50)51)52-39(32-63-41-7-2-1-3-8-41)20-21-55-28-36-30-62-31-37(36)29-55/h1-3,7-8,10-19,26,36-37,39,52H,4-6,9,20-25,27-32H2,(H,53,57)/t36-,37+,39-/m1/s1. The maximum absolute atomic E-state index is 14.2. The minimum Gasteiger partial charge on any atom is -0.381 e. The number of nitrogens with one attached hydrogen (secondary N) is 2. The van der Waals surface area contributed by atoms with Crippen LogP contribution in [0.4, 0.5) is 24.5 Å². The average Bonchev–Trinajstić information content (AvgIpc) is 3.91. The number of rotatable bonds is 16. The Morgan fingerprint density at radius 1 is 0.831 bits per heavy atom. The van der Waals surface area contributed by atoms with Crippen LogP contribution < -0.4 is 14.9 Å². The number of nitrogens with zero attached hydrogens (tertiary/aromatic N) is 3. The first-order chi connectivity index (χ1) is 31.1. The summed E-state index contributed by atoms with van der Waals surface area (Å²) >= 11 is 7.62. The van der Waals surface area contributed by atoms with E-state index in [9.17, 15) is 34.8 Å². The molecular formula is C47H53ClF3N5O6S3. The Morgan fingerprint density at radius 3 is 2.18 bits per heavy atom. The molecular weight excluding hydrogens is 919 g/mol. The molecule has 65 heavy (non-hydrogen) atoms. The number of hydrogen-bond acceptors (Lipinski definition) is 11. The highest BCUT2D eigenvalue weighted by Gasteiger charge is 2.48. The molecule has 0 unspecified atom stereocenters. The number of sulfone groups is 1. The molecule has 1 aliphatic carbocycles. The monoisotopic (exact) mass is 971 g/mol. The van der Waals surface area contributed by atoms with Gasteiger partial charge in [-0.2, -0.15) is 13.2 Å². The van der Waals surface area contributed by atoms with Gasteiger partial charge in [0.15, 0.2) is 0 Å². The van der Waals surface area contributed by atoms with Crippen LogP contribution in [0.25, 0.3) is 5.57 Å². The van der Waals surface area contributed by atoms with E-state index >= 15 is 0 Å². The number of sulfonamides is 1. The Hall–Kier alpha value is -4.10. The number of fused-ring (bicyclic) bond motifs is 1. The van der Waals surface area contributed by atoms with E-state index in [2.05, 4.69) is 32.1 Å². The predicted octanol–water partition coefficient (Wildman–Crippen LogP) is 8.44. The summed E-state index contributed by atoms with van der Waals surface area (Å²) in [5, 5.41) is 3.75. The number of benzene rings is 4. The summed E-state index contributed by atoms with van der Waals surface area (Å²) in [7, 11) is -10.9. The summed E-state index contributed by atoms with van der Waals surface area (Å²) in [5.41, 5.74) is -1.16. The van der Waals surface area contributed by atoms with Crippen LogP contribution in [-0.4, -0.2) is 115 Å². The highest BCUT2D eigenvalue weighted by molar-refractivity contribution is 7.99. The highest BCUT2D eigenvalue weighted by atomic mass is 35.5. The zero-order valence-electron chi connectivity index (χ0n) is 35.8. The molecule has 0 spiro atoms. The second-order valence-corrected chi connectivity index (χ2v) is 22.3. The summed E-state index contributed by atoms with van der Waals surface area (Å²) in [6.07, 6.45) is 4.93. The van der Waals surface area contributed by atoms with Crippen LogP contribution in [0.3, 0.4) is 0 Å². The average molecular weight is 973 g/mol. The Bertz CT molecular complexity index is 2550. The topological polar surface area (TPSA) is 128 Å². The molecule has 3 saturated heterocycles. The van der Waals surface area contributed by atoms with Gasteiger partial charge in [0, 0.05) is 97.2 Å². The van der Waals surface area contributed by atoms with Gasteiger partial charge < -0.3 is 19.9 Å². The fourth-order valence-electron chi connectivity index (χ4n) is 9.21. The molecule has 2 N–H and O–H groups in total. The number of carbonyl (C=O) groups is 1. The van der Waals surface area contributed by atoms with Crippen molar-refractivity contribution in [2.24, 2.45) is 11.8 Å². The van der Waals surface area contributed by atoms with Crippen molar-refractivity contribution < 1.29 is 39.5 Å². The van der Waals surface area contributed by atoms with Gasteiger partial charge in [0.1, 0.15) is 4.90 Å². The lowest BCUT2D eigenvalue weighted by molar-refractivity contribution is -0.0435. The molecule has 3 atom stereocenters. The first-order valence-electron chi connectivity index (χ1n) is 21.9. The molecule has 1 amide bonds. The number of anilines is 2. The van der Waals surface area contributed by atoms with E-state index in [1.807, 2.05) is 47.2 Å². The molecule has 3 fully saturated rings. The van der Waals surface area contributed by atoms with Crippen LogP contribution >= 0.6 is 23.4 Å². The van der Waals surface area contributed by atoms with Gasteiger partial charge >= 0.3 is 5.51 Å². The largest absolute Gasteiger partial charge is 0.501 e. The molecule has 4 aliphatic rings. The molecule has 8 rings (SSSR count). The summed E-state index contributed by atoms with van der Waals surface area (Å²) in [6, 6.07) is 25.9. The second-order valence-electron chi connectivity index (χ2n) is 17.2. The number of halogens is 4. The van der Waals surface area contributed by atoms with Crippen molar-refractivity contribution in [3.05, 3.63) is 119 Å². The van der Waals surface area contributed by atoms with E-state index in [4.69, 9.17) is 16.3 Å². The lowest BCUT2D eigenvalue weighted by Gasteiger charge is -2.37.